The summed E-state index contributed by atoms with van der Waals surface area (Å²) in [6, 6.07) is 21.9. The first-order chi connectivity index (χ1) is 15.0. The fourth-order valence-electron chi connectivity index (χ4n) is 3.43. The first-order valence-corrected chi connectivity index (χ1v) is 10.4. The molecule has 0 aromatic heterocycles. The highest BCUT2D eigenvalue weighted by Gasteiger charge is 2.29. The third-order valence-corrected chi connectivity index (χ3v) is 5.26. The predicted octanol–water partition coefficient (Wildman–Crippen LogP) is 4.41. The summed E-state index contributed by atoms with van der Waals surface area (Å²) in [4.78, 5) is 27.8. The van der Waals surface area contributed by atoms with Crippen molar-refractivity contribution >= 4 is 23.4 Å². The van der Waals surface area contributed by atoms with Gasteiger partial charge in [-0.1, -0.05) is 66.2 Å². The third kappa shape index (κ3) is 6.40. The molecule has 3 aromatic carbocycles. The summed E-state index contributed by atoms with van der Waals surface area (Å²) in [5, 5.41) is 3.24. The number of hydrogen-bond donors (Lipinski definition) is 1. The Morgan fingerprint density at radius 1 is 0.935 bits per heavy atom. The number of benzene rings is 3. The van der Waals surface area contributed by atoms with E-state index in [2.05, 4.69) is 5.32 Å². The Morgan fingerprint density at radius 2 is 1.61 bits per heavy atom. The molecule has 4 nitrogen and oxygen atoms in total. The summed E-state index contributed by atoms with van der Waals surface area (Å²) in [5.74, 6) is -0.839. The zero-order valence-electron chi connectivity index (χ0n) is 17.2. The molecule has 2 amide bonds. The molecule has 0 aliphatic heterocycles. The molecule has 0 aliphatic rings. The molecule has 1 N–H and O–H groups in total. The van der Waals surface area contributed by atoms with Crippen molar-refractivity contribution in [1.82, 2.24) is 10.2 Å². The molecule has 0 saturated carbocycles. The van der Waals surface area contributed by atoms with Gasteiger partial charge in [0.15, 0.2) is 0 Å². The van der Waals surface area contributed by atoms with Gasteiger partial charge in [-0.05, 0) is 41.0 Å². The van der Waals surface area contributed by atoms with Crippen molar-refractivity contribution in [3.05, 3.63) is 106 Å². The van der Waals surface area contributed by atoms with Crippen LogP contribution in [-0.4, -0.2) is 29.8 Å². The van der Waals surface area contributed by atoms with Crippen molar-refractivity contribution in [2.24, 2.45) is 0 Å². The van der Waals surface area contributed by atoms with E-state index in [1.165, 1.54) is 12.1 Å². The van der Waals surface area contributed by atoms with Crippen LogP contribution < -0.4 is 5.32 Å². The van der Waals surface area contributed by atoms with E-state index in [1.54, 1.807) is 36.2 Å². The van der Waals surface area contributed by atoms with Gasteiger partial charge >= 0.3 is 0 Å². The van der Waals surface area contributed by atoms with Crippen molar-refractivity contribution in [2.75, 3.05) is 7.05 Å². The van der Waals surface area contributed by atoms with Gasteiger partial charge in [0.1, 0.15) is 11.9 Å². The normalized spacial score (nSPS) is 11.6. The molecule has 0 heterocycles. The van der Waals surface area contributed by atoms with E-state index in [0.29, 0.717) is 17.0 Å². The average molecular weight is 439 g/mol. The van der Waals surface area contributed by atoms with Crippen molar-refractivity contribution in [3.63, 3.8) is 0 Å². The molecule has 0 saturated heterocycles. The topological polar surface area (TPSA) is 49.4 Å². The number of nitrogens with zero attached hydrogens (tertiary/aromatic N) is 1. The fraction of sp³-hybridized carbons (Fsp3) is 0.200. The van der Waals surface area contributed by atoms with Gasteiger partial charge in [0.05, 0.1) is 6.42 Å². The minimum absolute atomic E-state index is 0.0587. The SMILES string of the molecule is CNC(=O)[C@@H](Cc1ccccc1)N(Cc1cccc(Cl)c1)C(=O)Cc1ccc(F)cc1. The average Bonchev–Trinajstić information content (AvgIpc) is 2.78. The van der Waals surface area contributed by atoms with Gasteiger partial charge in [0.2, 0.25) is 11.8 Å². The molecule has 3 rings (SSSR count). The molecule has 0 unspecified atom stereocenters. The Labute approximate surface area is 186 Å². The van der Waals surface area contributed by atoms with Gasteiger partial charge in [0.25, 0.3) is 0 Å². The zero-order valence-corrected chi connectivity index (χ0v) is 18.0. The highest BCUT2D eigenvalue weighted by molar-refractivity contribution is 6.30. The lowest BCUT2D eigenvalue weighted by atomic mass is 10.0. The molecule has 0 aliphatic carbocycles. The quantitative estimate of drug-likeness (QED) is 0.566. The summed E-state index contributed by atoms with van der Waals surface area (Å²) in [5.41, 5.74) is 2.45. The van der Waals surface area contributed by atoms with E-state index in [4.69, 9.17) is 11.6 Å². The lowest BCUT2D eigenvalue weighted by molar-refractivity contribution is -0.140. The lowest BCUT2D eigenvalue weighted by Crippen LogP contribution is -2.50. The zero-order chi connectivity index (χ0) is 22.2. The number of carbonyl (C=O) groups excluding carboxylic acids is 2. The van der Waals surface area contributed by atoms with E-state index in [-0.39, 0.29) is 30.6 Å². The van der Waals surface area contributed by atoms with Gasteiger partial charge in [-0.3, -0.25) is 9.59 Å². The lowest BCUT2D eigenvalue weighted by Gasteiger charge is -2.31. The van der Waals surface area contributed by atoms with Crippen LogP contribution in [0.1, 0.15) is 16.7 Å². The Bertz CT molecular complexity index is 1030. The molecule has 0 spiro atoms. The van der Waals surface area contributed by atoms with Gasteiger partial charge in [-0.15, -0.1) is 0 Å². The van der Waals surface area contributed by atoms with Crippen LogP contribution in [0.15, 0.2) is 78.9 Å². The second-order valence-corrected chi connectivity index (χ2v) is 7.71. The summed E-state index contributed by atoms with van der Waals surface area (Å²) >= 11 is 6.13. The molecule has 160 valence electrons. The van der Waals surface area contributed by atoms with Crippen LogP contribution in [0.2, 0.25) is 5.02 Å². The smallest absolute Gasteiger partial charge is 0.242 e. The monoisotopic (exact) mass is 438 g/mol. The van der Waals surface area contributed by atoms with Crippen molar-refractivity contribution < 1.29 is 14.0 Å². The maximum Gasteiger partial charge on any atom is 0.242 e. The highest BCUT2D eigenvalue weighted by atomic mass is 35.5. The predicted molar refractivity (Wildman–Crippen MR) is 120 cm³/mol. The molecule has 1 atom stereocenters. The number of rotatable bonds is 8. The van der Waals surface area contributed by atoms with Gasteiger partial charge < -0.3 is 10.2 Å². The van der Waals surface area contributed by atoms with Crippen LogP contribution in [0.25, 0.3) is 0 Å². The minimum atomic E-state index is -0.709. The summed E-state index contributed by atoms with van der Waals surface area (Å²) < 4.78 is 13.3. The maximum absolute atomic E-state index is 13.4. The van der Waals surface area contributed by atoms with Crippen molar-refractivity contribution in [1.29, 1.82) is 0 Å². The molecular formula is C25H24ClFN2O2. The van der Waals surface area contributed by atoms with E-state index in [1.807, 2.05) is 42.5 Å². The molecule has 31 heavy (non-hydrogen) atoms. The molecule has 0 radical (unpaired) electrons. The Balaban J connectivity index is 1.93. The van der Waals surface area contributed by atoms with Crippen LogP contribution in [0.4, 0.5) is 4.39 Å². The minimum Gasteiger partial charge on any atom is -0.357 e. The molecule has 3 aromatic rings. The largest absolute Gasteiger partial charge is 0.357 e. The van der Waals surface area contributed by atoms with Gasteiger partial charge in [-0.2, -0.15) is 0 Å². The second-order valence-electron chi connectivity index (χ2n) is 7.27. The van der Waals surface area contributed by atoms with Crippen LogP contribution in [-0.2, 0) is 29.0 Å². The highest BCUT2D eigenvalue weighted by Crippen LogP contribution is 2.18. The van der Waals surface area contributed by atoms with Crippen LogP contribution in [0, 0.1) is 5.82 Å². The van der Waals surface area contributed by atoms with E-state index in [0.717, 1.165) is 11.1 Å². The van der Waals surface area contributed by atoms with Crippen LogP contribution >= 0.6 is 11.6 Å². The van der Waals surface area contributed by atoms with Crippen molar-refractivity contribution in [2.45, 2.75) is 25.4 Å². The number of nitrogens with one attached hydrogen (secondary N) is 1. The standard InChI is InChI=1S/C25H24ClFN2O2/c1-28-25(31)23(15-18-6-3-2-4-7-18)29(17-20-8-5-9-21(26)14-20)24(30)16-19-10-12-22(27)13-11-19/h2-14,23H,15-17H2,1H3,(H,28,31)/t23-/m1/s1. The first kappa shape index (κ1) is 22.5. The molecule has 6 heteroatoms. The first-order valence-electron chi connectivity index (χ1n) is 10.00. The van der Waals surface area contributed by atoms with E-state index in [9.17, 15) is 14.0 Å². The van der Waals surface area contributed by atoms with E-state index < -0.39 is 6.04 Å². The summed E-state index contributed by atoms with van der Waals surface area (Å²) in [7, 11) is 1.56. The number of halogens is 2. The van der Waals surface area contributed by atoms with Crippen molar-refractivity contribution in [3.8, 4) is 0 Å². The molecular weight excluding hydrogens is 415 g/mol. The van der Waals surface area contributed by atoms with Gasteiger partial charge in [-0.25, -0.2) is 4.39 Å². The van der Waals surface area contributed by atoms with Crippen LogP contribution in [0.3, 0.4) is 0 Å². The third-order valence-electron chi connectivity index (χ3n) is 5.03. The Kier molecular flexibility index (Phi) is 7.79. The Hall–Kier alpha value is -3.18. The number of likely N-dealkylation sites (N-methyl/N-ethyl adjacent to an activating group) is 1. The van der Waals surface area contributed by atoms with Crippen LogP contribution in [0.5, 0.6) is 0 Å². The second kappa shape index (κ2) is 10.7. The molecule has 0 bridgehead atoms. The summed E-state index contributed by atoms with van der Waals surface area (Å²) in [6.45, 7) is 0.228. The number of amides is 2. The molecule has 0 fully saturated rings. The number of carbonyl (C=O) groups is 2. The van der Waals surface area contributed by atoms with E-state index >= 15 is 0 Å². The fourth-order valence-corrected chi connectivity index (χ4v) is 3.64. The summed E-state index contributed by atoms with van der Waals surface area (Å²) in [6.07, 6.45) is 0.430. The number of hydrogen-bond acceptors (Lipinski definition) is 2. The van der Waals surface area contributed by atoms with Gasteiger partial charge in [0, 0.05) is 25.0 Å². The Morgan fingerprint density at radius 3 is 2.26 bits per heavy atom. The maximum atomic E-state index is 13.4.